The van der Waals surface area contributed by atoms with Crippen molar-refractivity contribution in [3.63, 3.8) is 0 Å². The number of hydrogen-bond acceptors (Lipinski definition) is 3. The molecule has 2 N–H and O–H groups in total. The maximum Gasteiger partial charge on any atom is 0.241 e. The molecule has 0 spiro atoms. The minimum absolute atomic E-state index is 0.0109. The zero-order valence-electron chi connectivity index (χ0n) is 15.2. The van der Waals surface area contributed by atoms with Crippen LogP contribution in [-0.2, 0) is 9.59 Å². The van der Waals surface area contributed by atoms with Crippen molar-refractivity contribution in [2.45, 2.75) is 40.5 Å². The van der Waals surface area contributed by atoms with Crippen LogP contribution in [0.2, 0.25) is 0 Å². The highest BCUT2D eigenvalue weighted by Gasteiger charge is 2.20. The third-order valence-corrected chi connectivity index (χ3v) is 4.47. The first kappa shape index (κ1) is 18.3. The summed E-state index contributed by atoms with van der Waals surface area (Å²) in [5, 5.41) is 6.12. The first-order valence-electron chi connectivity index (χ1n) is 8.80. The molecule has 132 valence electrons. The van der Waals surface area contributed by atoms with E-state index in [1.807, 2.05) is 43.9 Å². The van der Waals surface area contributed by atoms with Gasteiger partial charge in [-0.25, -0.2) is 0 Å². The first-order chi connectivity index (χ1) is 11.4. The topological polar surface area (TPSA) is 61.4 Å². The number of nitrogens with zero attached hydrogens (tertiary/aromatic N) is 1. The molecule has 0 saturated carbocycles. The zero-order valence-corrected chi connectivity index (χ0v) is 15.2. The van der Waals surface area contributed by atoms with E-state index in [1.54, 1.807) is 0 Å². The largest absolute Gasteiger partial charge is 0.376 e. The predicted molar refractivity (Wildman–Crippen MR) is 98.1 cm³/mol. The normalized spacial score (nSPS) is 17.7. The van der Waals surface area contributed by atoms with Crippen LogP contribution >= 0.6 is 0 Å². The molecule has 0 aromatic heterocycles. The highest BCUT2D eigenvalue weighted by Crippen LogP contribution is 2.21. The summed E-state index contributed by atoms with van der Waals surface area (Å²) in [5.41, 5.74) is 2.69. The van der Waals surface area contributed by atoms with Crippen molar-refractivity contribution in [1.82, 2.24) is 4.90 Å². The zero-order chi connectivity index (χ0) is 17.7. The van der Waals surface area contributed by atoms with Crippen molar-refractivity contribution in [3.8, 4) is 0 Å². The van der Waals surface area contributed by atoms with Gasteiger partial charge in [0.15, 0.2) is 0 Å². The standard InChI is InChI=1S/C19H29N3O2/c1-13(2)19(24)21-16-8-7-15(4)17(10-16)20-11-18(23)22-9-5-6-14(3)12-22/h7-8,10,13-14,20H,5-6,9,11-12H2,1-4H3,(H,21,24). The smallest absolute Gasteiger partial charge is 0.241 e. The van der Waals surface area contributed by atoms with Crippen LogP contribution < -0.4 is 10.6 Å². The van der Waals surface area contributed by atoms with E-state index in [4.69, 9.17) is 0 Å². The lowest BCUT2D eigenvalue weighted by molar-refractivity contribution is -0.131. The second kappa shape index (κ2) is 8.18. The summed E-state index contributed by atoms with van der Waals surface area (Å²) in [7, 11) is 0. The fraction of sp³-hybridized carbons (Fsp3) is 0.579. The number of carbonyl (C=O) groups excluding carboxylic acids is 2. The average molecular weight is 331 g/mol. The number of nitrogens with one attached hydrogen (secondary N) is 2. The molecule has 1 aromatic carbocycles. The van der Waals surface area contributed by atoms with Gasteiger partial charge in [0, 0.05) is 30.4 Å². The summed E-state index contributed by atoms with van der Waals surface area (Å²) in [6.45, 7) is 9.90. The van der Waals surface area contributed by atoms with Gasteiger partial charge in [-0.15, -0.1) is 0 Å². The van der Waals surface area contributed by atoms with Gasteiger partial charge in [0.2, 0.25) is 11.8 Å². The molecule has 5 heteroatoms. The molecule has 1 aliphatic heterocycles. The van der Waals surface area contributed by atoms with Gasteiger partial charge in [0.05, 0.1) is 6.54 Å². The molecule has 0 radical (unpaired) electrons. The Bertz CT molecular complexity index is 598. The fourth-order valence-electron chi connectivity index (χ4n) is 2.88. The molecular weight excluding hydrogens is 302 g/mol. The summed E-state index contributed by atoms with van der Waals surface area (Å²) in [4.78, 5) is 26.1. The number of anilines is 2. The lowest BCUT2D eigenvalue weighted by atomic mass is 10.0. The van der Waals surface area contributed by atoms with Crippen molar-refractivity contribution in [1.29, 1.82) is 0 Å². The lowest BCUT2D eigenvalue weighted by Crippen LogP contribution is -2.42. The number of piperidine rings is 1. The molecule has 5 nitrogen and oxygen atoms in total. The van der Waals surface area contributed by atoms with E-state index in [2.05, 4.69) is 17.6 Å². The molecule has 1 unspecified atom stereocenters. The van der Waals surface area contributed by atoms with E-state index in [0.717, 1.165) is 36.4 Å². The van der Waals surface area contributed by atoms with Gasteiger partial charge < -0.3 is 15.5 Å². The first-order valence-corrected chi connectivity index (χ1v) is 8.80. The van der Waals surface area contributed by atoms with Gasteiger partial charge in [-0.2, -0.15) is 0 Å². The molecule has 1 heterocycles. The van der Waals surface area contributed by atoms with Crippen molar-refractivity contribution in [3.05, 3.63) is 23.8 Å². The van der Waals surface area contributed by atoms with Crippen LogP contribution in [0, 0.1) is 18.8 Å². The van der Waals surface area contributed by atoms with Crippen LogP contribution in [0.4, 0.5) is 11.4 Å². The van der Waals surface area contributed by atoms with Crippen molar-refractivity contribution < 1.29 is 9.59 Å². The summed E-state index contributed by atoms with van der Waals surface area (Å²) >= 11 is 0. The molecule has 1 aromatic rings. The molecule has 0 aliphatic carbocycles. The van der Waals surface area contributed by atoms with E-state index in [9.17, 15) is 9.59 Å². The molecule has 1 aliphatic rings. The van der Waals surface area contributed by atoms with Gasteiger partial charge in [-0.05, 0) is 43.4 Å². The number of rotatable bonds is 5. The molecule has 1 fully saturated rings. The number of carbonyl (C=O) groups is 2. The van der Waals surface area contributed by atoms with Crippen LogP contribution in [0.1, 0.15) is 39.2 Å². The van der Waals surface area contributed by atoms with Gasteiger partial charge in [-0.1, -0.05) is 26.8 Å². The number of aryl methyl sites for hydroxylation is 1. The van der Waals surface area contributed by atoms with E-state index in [0.29, 0.717) is 5.92 Å². The van der Waals surface area contributed by atoms with Crippen LogP contribution in [-0.4, -0.2) is 36.3 Å². The number of benzene rings is 1. The third-order valence-electron chi connectivity index (χ3n) is 4.47. The second-order valence-electron chi connectivity index (χ2n) is 7.11. The summed E-state index contributed by atoms with van der Waals surface area (Å²) < 4.78 is 0. The minimum Gasteiger partial charge on any atom is -0.376 e. The van der Waals surface area contributed by atoms with E-state index in [1.165, 1.54) is 6.42 Å². The average Bonchev–Trinajstić information content (AvgIpc) is 2.54. The number of likely N-dealkylation sites (tertiary alicyclic amines) is 1. The molecule has 2 amide bonds. The third kappa shape index (κ3) is 4.98. The highest BCUT2D eigenvalue weighted by atomic mass is 16.2. The highest BCUT2D eigenvalue weighted by molar-refractivity contribution is 5.92. The molecule has 1 saturated heterocycles. The van der Waals surface area contributed by atoms with Gasteiger partial charge in [0.25, 0.3) is 0 Å². The Kier molecular flexibility index (Phi) is 6.23. The molecule has 0 bridgehead atoms. The van der Waals surface area contributed by atoms with Crippen LogP contribution in [0.3, 0.4) is 0 Å². The Balaban J connectivity index is 1.96. The Hall–Kier alpha value is -2.04. The summed E-state index contributed by atoms with van der Waals surface area (Å²) in [5.74, 6) is 0.644. The van der Waals surface area contributed by atoms with E-state index < -0.39 is 0 Å². The maximum absolute atomic E-state index is 12.4. The van der Waals surface area contributed by atoms with Gasteiger partial charge >= 0.3 is 0 Å². The maximum atomic E-state index is 12.4. The quantitative estimate of drug-likeness (QED) is 0.870. The van der Waals surface area contributed by atoms with Gasteiger partial charge in [-0.3, -0.25) is 9.59 Å². The Morgan fingerprint density at radius 1 is 1.33 bits per heavy atom. The molecular formula is C19H29N3O2. The van der Waals surface area contributed by atoms with Crippen molar-refractivity contribution >= 4 is 23.2 Å². The summed E-state index contributed by atoms with van der Waals surface area (Å²) in [6, 6.07) is 5.72. The van der Waals surface area contributed by atoms with E-state index in [-0.39, 0.29) is 24.3 Å². The van der Waals surface area contributed by atoms with Crippen LogP contribution in [0.5, 0.6) is 0 Å². The molecule has 1 atom stereocenters. The second-order valence-corrected chi connectivity index (χ2v) is 7.11. The SMILES string of the molecule is Cc1ccc(NC(=O)C(C)C)cc1NCC(=O)N1CCCC(C)C1. The Labute approximate surface area is 144 Å². The fourth-order valence-corrected chi connectivity index (χ4v) is 2.88. The lowest BCUT2D eigenvalue weighted by Gasteiger charge is -2.31. The Morgan fingerprint density at radius 3 is 2.75 bits per heavy atom. The van der Waals surface area contributed by atoms with Crippen LogP contribution in [0.15, 0.2) is 18.2 Å². The predicted octanol–water partition coefficient (Wildman–Crippen LogP) is 3.26. The van der Waals surface area contributed by atoms with Gasteiger partial charge in [0.1, 0.15) is 0 Å². The summed E-state index contributed by atoms with van der Waals surface area (Å²) in [6.07, 6.45) is 2.29. The van der Waals surface area contributed by atoms with Crippen molar-refractivity contribution in [2.75, 3.05) is 30.3 Å². The minimum atomic E-state index is -0.0645. The molecule has 24 heavy (non-hydrogen) atoms. The monoisotopic (exact) mass is 331 g/mol. The molecule has 2 rings (SSSR count). The number of amides is 2. The van der Waals surface area contributed by atoms with Crippen LogP contribution in [0.25, 0.3) is 0 Å². The Morgan fingerprint density at radius 2 is 2.08 bits per heavy atom. The number of hydrogen-bond donors (Lipinski definition) is 2. The van der Waals surface area contributed by atoms with E-state index >= 15 is 0 Å². The van der Waals surface area contributed by atoms with Crippen molar-refractivity contribution in [2.24, 2.45) is 11.8 Å².